The third kappa shape index (κ3) is 8.03. The van der Waals surface area contributed by atoms with Gasteiger partial charge in [0.1, 0.15) is 25.8 Å². The molecule has 2 atom stereocenters. The number of carbonyl (C=O) groups excluding carboxylic acids is 2. The van der Waals surface area contributed by atoms with Gasteiger partial charge in [-0.05, 0) is 43.5 Å². The molecule has 0 spiro atoms. The van der Waals surface area contributed by atoms with Gasteiger partial charge in [0.25, 0.3) is 0 Å². The Kier molecular flexibility index (Phi) is 10.1. The molecule has 3 aromatic rings. The lowest BCUT2D eigenvalue weighted by Crippen LogP contribution is -2.54. The van der Waals surface area contributed by atoms with Gasteiger partial charge in [-0.15, -0.1) is 0 Å². The predicted octanol–water partition coefficient (Wildman–Crippen LogP) is 4.09. The van der Waals surface area contributed by atoms with E-state index in [1.165, 1.54) is 4.90 Å². The van der Waals surface area contributed by atoms with Crippen molar-refractivity contribution in [1.82, 2.24) is 10.2 Å². The number of nitrogens with one attached hydrogen (secondary N) is 1. The number of fused-ring (bicyclic) bond motifs is 1. The van der Waals surface area contributed by atoms with Crippen molar-refractivity contribution in [3.8, 4) is 11.5 Å². The fourth-order valence-corrected chi connectivity index (χ4v) is 5.64. The van der Waals surface area contributed by atoms with Crippen LogP contribution in [0.15, 0.2) is 72.8 Å². The summed E-state index contributed by atoms with van der Waals surface area (Å²) in [6.45, 7) is 6.22. The molecule has 1 aliphatic rings. The Hall–Kier alpha value is -4.05. The van der Waals surface area contributed by atoms with Crippen LogP contribution < -0.4 is 19.1 Å². The van der Waals surface area contributed by atoms with Gasteiger partial charge in [-0.1, -0.05) is 67.1 Å². The van der Waals surface area contributed by atoms with E-state index in [0.717, 1.165) is 33.7 Å². The first-order valence-corrected chi connectivity index (χ1v) is 16.0. The van der Waals surface area contributed by atoms with Crippen LogP contribution in [0.25, 0.3) is 0 Å². The summed E-state index contributed by atoms with van der Waals surface area (Å²) in [5.74, 6) is 0.123. The second-order valence-electron chi connectivity index (χ2n) is 10.6. The summed E-state index contributed by atoms with van der Waals surface area (Å²) < 4.78 is 38.4. The molecule has 0 bridgehead atoms. The van der Waals surface area contributed by atoms with Crippen molar-refractivity contribution in [3.05, 3.63) is 89.5 Å². The molecule has 9 nitrogen and oxygen atoms in total. The highest BCUT2D eigenvalue weighted by Gasteiger charge is 2.33. The predicted molar refractivity (Wildman–Crippen MR) is 163 cm³/mol. The zero-order valence-corrected chi connectivity index (χ0v) is 25.4. The van der Waals surface area contributed by atoms with Gasteiger partial charge in [0.2, 0.25) is 21.8 Å². The largest absolute Gasteiger partial charge is 0.486 e. The van der Waals surface area contributed by atoms with Gasteiger partial charge in [0.05, 0.1) is 11.9 Å². The number of sulfonamides is 1. The number of amides is 2. The number of anilines is 1. The minimum Gasteiger partial charge on any atom is -0.486 e. The smallest absolute Gasteiger partial charge is 0.244 e. The van der Waals surface area contributed by atoms with Gasteiger partial charge in [-0.2, -0.15) is 0 Å². The molecule has 0 aromatic heterocycles. The Labute approximate surface area is 248 Å². The maximum absolute atomic E-state index is 14.2. The molecule has 0 saturated heterocycles. The third-order valence-corrected chi connectivity index (χ3v) is 8.34. The summed E-state index contributed by atoms with van der Waals surface area (Å²) in [6, 6.07) is 21.0. The molecule has 0 fully saturated rings. The van der Waals surface area contributed by atoms with E-state index < -0.39 is 28.5 Å². The topological polar surface area (TPSA) is 105 Å². The van der Waals surface area contributed by atoms with E-state index in [9.17, 15) is 18.0 Å². The fourth-order valence-electron chi connectivity index (χ4n) is 4.80. The van der Waals surface area contributed by atoms with Crippen LogP contribution in [-0.4, -0.2) is 63.2 Å². The van der Waals surface area contributed by atoms with Crippen molar-refractivity contribution in [1.29, 1.82) is 0 Å². The molecule has 0 radical (unpaired) electrons. The van der Waals surface area contributed by atoms with E-state index in [4.69, 9.17) is 9.47 Å². The maximum Gasteiger partial charge on any atom is 0.244 e. The molecule has 2 amide bonds. The average Bonchev–Trinajstić information content (AvgIpc) is 2.97. The molecule has 4 rings (SSSR count). The average molecular weight is 594 g/mol. The number of rotatable bonds is 12. The SMILES string of the molecule is CCC(C)NC(=O)C(Cc1ccccc1)N(Cc1cccc(C)c1)C(=O)CN(c1ccc2c(c1)OCCO2)S(C)(=O)=O. The lowest BCUT2D eigenvalue weighted by molar-refractivity contribution is -0.140. The Morgan fingerprint density at radius 2 is 1.62 bits per heavy atom. The minimum absolute atomic E-state index is 0.100. The van der Waals surface area contributed by atoms with Crippen molar-refractivity contribution in [2.45, 2.75) is 52.2 Å². The van der Waals surface area contributed by atoms with Crippen molar-refractivity contribution in [3.63, 3.8) is 0 Å². The molecule has 0 aliphatic carbocycles. The molecule has 0 saturated carbocycles. The lowest BCUT2D eigenvalue weighted by atomic mass is 10.0. The molecule has 42 heavy (non-hydrogen) atoms. The Morgan fingerprint density at radius 1 is 0.929 bits per heavy atom. The second kappa shape index (κ2) is 13.7. The first-order chi connectivity index (χ1) is 20.0. The standard InChI is InChI=1S/C32H39N3O6S/c1-5-24(3)33-32(37)28(19-25-11-7-6-8-12-25)34(21-26-13-9-10-23(2)18-26)31(36)22-35(42(4,38)39)27-14-15-29-30(20-27)41-17-16-40-29/h6-15,18,20,24,28H,5,16-17,19,21-22H2,1-4H3,(H,33,37). The van der Waals surface area contributed by atoms with Crippen molar-refractivity contribution >= 4 is 27.5 Å². The number of nitrogens with zero attached hydrogens (tertiary/aromatic N) is 2. The monoisotopic (exact) mass is 593 g/mol. The minimum atomic E-state index is -3.89. The van der Waals surface area contributed by atoms with E-state index in [-0.39, 0.29) is 30.6 Å². The number of aryl methyl sites for hydroxylation is 1. The first kappa shape index (κ1) is 30.9. The number of hydrogen-bond donors (Lipinski definition) is 1. The summed E-state index contributed by atoms with van der Waals surface area (Å²) >= 11 is 0. The maximum atomic E-state index is 14.2. The van der Waals surface area contributed by atoms with E-state index in [0.29, 0.717) is 24.7 Å². The number of hydrogen-bond acceptors (Lipinski definition) is 6. The van der Waals surface area contributed by atoms with E-state index in [1.807, 2.05) is 75.4 Å². The van der Waals surface area contributed by atoms with Gasteiger partial charge in [0, 0.05) is 25.1 Å². The van der Waals surface area contributed by atoms with Crippen LogP contribution >= 0.6 is 0 Å². The molecule has 1 aliphatic heterocycles. The van der Waals surface area contributed by atoms with E-state index in [1.54, 1.807) is 18.2 Å². The van der Waals surface area contributed by atoms with Gasteiger partial charge >= 0.3 is 0 Å². The van der Waals surface area contributed by atoms with Crippen LogP contribution in [0.5, 0.6) is 11.5 Å². The van der Waals surface area contributed by atoms with Gasteiger partial charge in [-0.3, -0.25) is 13.9 Å². The van der Waals surface area contributed by atoms with Crippen LogP contribution in [0, 0.1) is 6.92 Å². The van der Waals surface area contributed by atoms with Crippen LogP contribution in [0.1, 0.15) is 37.0 Å². The molecule has 3 aromatic carbocycles. The molecule has 2 unspecified atom stereocenters. The van der Waals surface area contributed by atoms with Crippen LogP contribution in [0.4, 0.5) is 5.69 Å². The molecule has 1 N–H and O–H groups in total. The second-order valence-corrected chi connectivity index (χ2v) is 12.5. The molecule has 10 heteroatoms. The summed E-state index contributed by atoms with van der Waals surface area (Å²) in [5.41, 5.74) is 3.01. The Bertz CT molecular complexity index is 1500. The van der Waals surface area contributed by atoms with Gasteiger partial charge in [0.15, 0.2) is 11.5 Å². The number of ether oxygens (including phenoxy) is 2. The first-order valence-electron chi connectivity index (χ1n) is 14.1. The zero-order valence-electron chi connectivity index (χ0n) is 24.6. The summed E-state index contributed by atoms with van der Waals surface area (Å²) in [5, 5.41) is 3.04. The zero-order chi connectivity index (χ0) is 30.3. The molecular weight excluding hydrogens is 554 g/mol. The Morgan fingerprint density at radius 3 is 2.29 bits per heavy atom. The van der Waals surface area contributed by atoms with Crippen molar-refractivity contribution in [2.24, 2.45) is 0 Å². The Balaban J connectivity index is 1.73. The molecular formula is C32H39N3O6S. The quantitative estimate of drug-likeness (QED) is 0.339. The van der Waals surface area contributed by atoms with Crippen LogP contribution in [0.3, 0.4) is 0 Å². The molecule has 224 valence electrons. The van der Waals surface area contributed by atoms with Crippen molar-refractivity contribution < 1.29 is 27.5 Å². The number of benzene rings is 3. The highest BCUT2D eigenvalue weighted by atomic mass is 32.2. The van der Waals surface area contributed by atoms with Crippen LogP contribution in [-0.2, 0) is 32.6 Å². The van der Waals surface area contributed by atoms with E-state index in [2.05, 4.69) is 5.32 Å². The van der Waals surface area contributed by atoms with Crippen molar-refractivity contribution in [2.75, 3.05) is 30.3 Å². The summed E-state index contributed by atoms with van der Waals surface area (Å²) in [4.78, 5) is 29.5. The fraction of sp³-hybridized carbons (Fsp3) is 0.375. The third-order valence-electron chi connectivity index (χ3n) is 7.20. The summed E-state index contributed by atoms with van der Waals surface area (Å²) in [7, 11) is -3.89. The lowest BCUT2D eigenvalue weighted by Gasteiger charge is -2.34. The van der Waals surface area contributed by atoms with Gasteiger partial charge < -0.3 is 19.7 Å². The van der Waals surface area contributed by atoms with Crippen LogP contribution in [0.2, 0.25) is 0 Å². The number of carbonyl (C=O) groups is 2. The highest BCUT2D eigenvalue weighted by Crippen LogP contribution is 2.34. The van der Waals surface area contributed by atoms with Gasteiger partial charge in [-0.25, -0.2) is 8.42 Å². The normalized spacial score (nSPS) is 14.0. The van der Waals surface area contributed by atoms with E-state index >= 15 is 0 Å². The highest BCUT2D eigenvalue weighted by molar-refractivity contribution is 7.92. The summed E-state index contributed by atoms with van der Waals surface area (Å²) in [6.07, 6.45) is 2.05. The molecule has 1 heterocycles.